The van der Waals surface area contributed by atoms with E-state index in [1.54, 1.807) is 0 Å². The second-order valence-electron chi connectivity index (χ2n) is 5.03. The van der Waals surface area contributed by atoms with Gasteiger partial charge in [0.2, 0.25) is 11.8 Å². The minimum Gasteiger partial charge on any atom is -0.355 e. The molecule has 0 aliphatic heterocycles. The number of carbonyl (C=O) groups is 2. The van der Waals surface area contributed by atoms with E-state index in [1.807, 2.05) is 0 Å². The minimum atomic E-state index is 0.00229. The molecular weight excluding hydrogens is 298 g/mol. The summed E-state index contributed by atoms with van der Waals surface area (Å²) in [4.78, 5) is 23.0. The zero-order chi connectivity index (χ0) is 17.2. The molecule has 0 heterocycles. The Hall–Kier alpha value is -1.26. The number of carbonyl (C=O) groups excluding carboxylic acids is 2. The molecule has 9 nitrogen and oxygen atoms in total. The summed E-state index contributed by atoms with van der Waals surface area (Å²) in [6, 6.07) is 0. The summed E-state index contributed by atoms with van der Waals surface area (Å²) in [7, 11) is 0. The van der Waals surface area contributed by atoms with E-state index in [1.165, 1.54) is 0 Å². The Morgan fingerprint density at radius 2 is 0.957 bits per heavy atom. The molecule has 0 aromatic heterocycles. The first-order valence-electron chi connectivity index (χ1n) is 8.26. The monoisotopic (exact) mass is 331 g/mol. The molecule has 0 spiro atoms. The summed E-state index contributed by atoms with van der Waals surface area (Å²) < 4.78 is 0. The van der Waals surface area contributed by atoms with Gasteiger partial charge in [0, 0.05) is 78.3 Å². The summed E-state index contributed by atoms with van der Waals surface area (Å²) in [5.74, 6) is 0.00459. The molecule has 0 saturated carbocycles. The highest BCUT2D eigenvalue weighted by Gasteiger charge is 2.02. The van der Waals surface area contributed by atoms with Gasteiger partial charge in [-0.25, -0.2) is 0 Å². The van der Waals surface area contributed by atoms with Crippen molar-refractivity contribution in [2.24, 2.45) is 11.5 Å². The van der Waals surface area contributed by atoms with Crippen molar-refractivity contribution in [3.8, 4) is 0 Å². The molecule has 0 aromatic carbocycles. The number of nitrogens with two attached hydrogens (primary N) is 2. The van der Waals surface area contributed by atoms with E-state index in [4.69, 9.17) is 11.5 Å². The predicted molar refractivity (Wildman–Crippen MR) is 92.0 cm³/mol. The van der Waals surface area contributed by atoms with Crippen molar-refractivity contribution < 1.29 is 9.59 Å². The molecule has 0 atom stereocenters. The lowest BCUT2D eigenvalue weighted by atomic mass is 10.3. The molecule has 0 bridgehead atoms. The van der Waals surface area contributed by atoms with Crippen LogP contribution in [0.15, 0.2) is 0 Å². The fourth-order valence-electron chi connectivity index (χ4n) is 1.74. The van der Waals surface area contributed by atoms with Crippen molar-refractivity contribution in [1.82, 2.24) is 26.6 Å². The molecule has 9 N–H and O–H groups in total. The Labute approximate surface area is 138 Å². The van der Waals surface area contributed by atoms with Crippen LogP contribution in [0.25, 0.3) is 0 Å². The van der Waals surface area contributed by atoms with Crippen molar-refractivity contribution in [2.75, 3.05) is 65.4 Å². The molecule has 136 valence electrons. The fourth-order valence-corrected chi connectivity index (χ4v) is 1.74. The second-order valence-corrected chi connectivity index (χ2v) is 5.03. The highest BCUT2D eigenvalue weighted by molar-refractivity contribution is 5.76. The van der Waals surface area contributed by atoms with E-state index in [0.29, 0.717) is 52.1 Å². The highest BCUT2D eigenvalue weighted by Crippen LogP contribution is 1.80. The molecule has 9 heteroatoms. The van der Waals surface area contributed by atoms with Crippen molar-refractivity contribution in [3.05, 3.63) is 0 Å². The van der Waals surface area contributed by atoms with Crippen LogP contribution in [0.4, 0.5) is 0 Å². The summed E-state index contributed by atoms with van der Waals surface area (Å²) in [6.07, 6.45) is 0.809. The van der Waals surface area contributed by atoms with Gasteiger partial charge < -0.3 is 38.1 Å². The predicted octanol–water partition coefficient (Wildman–Crippen LogP) is -3.31. The van der Waals surface area contributed by atoms with Gasteiger partial charge in [0.25, 0.3) is 0 Å². The molecule has 0 fully saturated rings. The number of rotatable bonds is 16. The molecule has 0 unspecified atom stereocenters. The summed E-state index contributed by atoms with van der Waals surface area (Å²) in [5, 5.41) is 14.9. The summed E-state index contributed by atoms with van der Waals surface area (Å²) >= 11 is 0. The van der Waals surface area contributed by atoms with E-state index < -0.39 is 0 Å². The lowest BCUT2D eigenvalue weighted by Crippen LogP contribution is -2.36. The Morgan fingerprint density at radius 1 is 0.565 bits per heavy atom. The Morgan fingerprint density at radius 3 is 1.35 bits per heavy atom. The Bertz CT molecular complexity index is 275. The van der Waals surface area contributed by atoms with E-state index >= 15 is 0 Å². The molecule has 0 rings (SSSR count). The first kappa shape index (κ1) is 21.7. The van der Waals surface area contributed by atoms with Crippen LogP contribution in [0, 0.1) is 0 Å². The summed E-state index contributed by atoms with van der Waals surface area (Å²) in [6.45, 7) is 6.45. The van der Waals surface area contributed by atoms with E-state index in [2.05, 4.69) is 26.6 Å². The van der Waals surface area contributed by atoms with Gasteiger partial charge in [-0.15, -0.1) is 0 Å². The van der Waals surface area contributed by atoms with E-state index in [-0.39, 0.29) is 11.8 Å². The first-order valence-corrected chi connectivity index (χ1v) is 8.26. The maximum Gasteiger partial charge on any atom is 0.221 e. The topological polar surface area (TPSA) is 146 Å². The zero-order valence-electron chi connectivity index (χ0n) is 14.0. The van der Waals surface area contributed by atoms with E-state index in [0.717, 1.165) is 26.2 Å². The normalized spacial score (nSPS) is 10.5. The van der Waals surface area contributed by atoms with Crippen LogP contribution in [-0.2, 0) is 9.59 Å². The SMILES string of the molecule is NCCNCCNC(=O)CCNCCC(=O)NCCNCCN. The molecule has 0 aliphatic rings. The highest BCUT2D eigenvalue weighted by atomic mass is 16.2. The number of hydrogen-bond acceptors (Lipinski definition) is 7. The molecule has 0 aliphatic carbocycles. The second kappa shape index (κ2) is 17.1. The smallest absolute Gasteiger partial charge is 0.221 e. The maximum absolute atomic E-state index is 11.5. The third-order valence-corrected chi connectivity index (χ3v) is 2.95. The van der Waals surface area contributed by atoms with Gasteiger partial charge in [-0.1, -0.05) is 0 Å². The van der Waals surface area contributed by atoms with Gasteiger partial charge >= 0.3 is 0 Å². The quantitative estimate of drug-likeness (QED) is 0.147. The van der Waals surface area contributed by atoms with Crippen molar-refractivity contribution >= 4 is 11.8 Å². The largest absolute Gasteiger partial charge is 0.355 e. The zero-order valence-corrected chi connectivity index (χ0v) is 14.0. The number of hydrogen-bond donors (Lipinski definition) is 7. The number of amides is 2. The molecule has 0 saturated heterocycles. The van der Waals surface area contributed by atoms with E-state index in [9.17, 15) is 9.59 Å². The van der Waals surface area contributed by atoms with Crippen LogP contribution in [0.3, 0.4) is 0 Å². The van der Waals surface area contributed by atoms with Gasteiger partial charge in [0.15, 0.2) is 0 Å². The Balaban J connectivity index is 3.30. The fraction of sp³-hybridized carbons (Fsp3) is 0.857. The van der Waals surface area contributed by atoms with Gasteiger partial charge in [-0.05, 0) is 0 Å². The van der Waals surface area contributed by atoms with Crippen LogP contribution in [-0.4, -0.2) is 77.3 Å². The third kappa shape index (κ3) is 16.9. The molecule has 0 radical (unpaired) electrons. The van der Waals surface area contributed by atoms with Crippen LogP contribution in [0.5, 0.6) is 0 Å². The average Bonchev–Trinajstić information content (AvgIpc) is 2.54. The standard InChI is InChI=1S/C14H33N7O2/c15-3-7-18-9-11-20-13(22)1-5-17-6-2-14(23)21-12-10-19-8-4-16/h17-19H,1-12,15-16H2,(H,20,22)(H,21,23). The van der Waals surface area contributed by atoms with Crippen LogP contribution in [0.1, 0.15) is 12.8 Å². The third-order valence-electron chi connectivity index (χ3n) is 2.95. The van der Waals surface area contributed by atoms with Crippen LogP contribution >= 0.6 is 0 Å². The lowest BCUT2D eigenvalue weighted by Gasteiger charge is -2.08. The molecule has 2 amide bonds. The molecular formula is C14H33N7O2. The van der Waals surface area contributed by atoms with Gasteiger partial charge in [-0.3, -0.25) is 9.59 Å². The van der Waals surface area contributed by atoms with Gasteiger partial charge in [0.05, 0.1) is 0 Å². The minimum absolute atomic E-state index is 0.00229. The van der Waals surface area contributed by atoms with Gasteiger partial charge in [0.1, 0.15) is 0 Å². The van der Waals surface area contributed by atoms with Crippen LogP contribution < -0.4 is 38.1 Å². The number of nitrogens with one attached hydrogen (secondary N) is 5. The first-order chi connectivity index (χ1) is 11.2. The van der Waals surface area contributed by atoms with Gasteiger partial charge in [-0.2, -0.15) is 0 Å². The molecule has 23 heavy (non-hydrogen) atoms. The van der Waals surface area contributed by atoms with Crippen molar-refractivity contribution in [1.29, 1.82) is 0 Å². The molecule has 0 aromatic rings. The lowest BCUT2D eigenvalue weighted by molar-refractivity contribution is -0.121. The Kier molecular flexibility index (Phi) is 16.2. The maximum atomic E-state index is 11.5. The summed E-state index contributed by atoms with van der Waals surface area (Å²) in [5.41, 5.74) is 10.7. The van der Waals surface area contributed by atoms with Crippen molar-refractivity contribution in [2.45, 2.75) is 12.8 Å². The average molecular weight is 331 g/mol. The van der Waals surface area contributed by atoms with Crippen molar-refractivity contribution in [3.63, 3.8) is 0 Å². The van der Waals surface area contributed by atoms with Crippen LogP contribution in [0.2, 0.25) is 0 Å².